The van der Waals surface area contributed by atoms with Crippen LogP contribution < -0.4 is 5.32 Å². The second kappa shape index (κ2) is 5.19. The molecule has 1 N–H and O–H groups in total. The van der Waals surface area contributed by atoms with Gasteiger partial charge in [-0.05, 0) is 12.8 Å². The first-order valence-corrected chi connectivity index (χ1v) is 7.59. The Morgan fingerprint density at radius 3 is 2.72 bits per heavy atom. The van der Waals surface area contributed by atoms with Crippen molar-refractivity contribution in [3.63, 3.8) is 0 Å². The molecule has 1 saturated heterocycles. The van der Waals surface area contributed by atoms with Gasteiger partial charge >= 0.3 is 0 Å². The first-order chi connectivity index (χ1) is 8.50. The number of hydrogen-bond acceptors (Lipinski definition) is 5. The van der Waals surface area contributed by atoms with Gasteiger partial charge in [0.15, 0.2) is 20.8 Å². The van der Waals surface area contributed by atoms with E-state index in [0.29, 0.717) is 12.8 Å². The third kappa shape index (κ3) is 2.78. The average Bonchev–Trinajstić information content (AvgIpc) is 2.31. The lowest BCUT2D eigenvalue weighted by atomic mass is 10.2. The highest BCUT2D eigenvalue weighted by atomic mass is 35.5. The van der Waals surface area contributed by atoms with Gasteiger partial charge < -0.3 is 5.32 Å². The van der Waals surface area contributed by atoms with Gasteiger partial charge in [0, 0.05) is 12.4 Å². The summed E-state index contributed by atoms with van der Waals surface area (Å²) in [6.45, 7) is 0. The van der Waals surface area contributed by atoms with Crippen molar-refractivity contribution in [2.75, 3.05) is 11.1 Å². The van der Waals surface area contributed by atoms with Crippen LogP contribution in [0.3, 0.4) is 0 Å². The van der Waals surface area contributed by atoms with Crippen molar-refractivity contribution in [3.8, 4) is 0 Å². The van der Waals surface area contributed by atoms with Gasteiger partial charge in [-0.1, -0.05) is 18.0 Å². The zero-order valence-electron chi connectivity index (χ0n) is 9.47. The Labute approximate surface area is 110 Å². The van der Waals surface area contributed by atoms with E-state index in [1.54, 1.807) is 0 Å². The van der Waals surface area contributed by atoms with Gasteiger partial charge in [0.2, 0.25) is 5.91 Å². The van der Waals surface area contributed by atoms with Gasteiger partial charge in [-0.2, -0.15) is 0 Å². The molecule has 8 heteroatoms. The Kier molecular flexibility index (Phi) is 3.82. The predicted molar refractivity (Wildman–Crippen MR) is 67.1 cm³/mol. The lowest BCUT2D eigenvalue weighted by Gasteiger charge is -2.21. The minimum Gasteiger partial charge on any atom is -0.307 e. The quantitative estimate of drug-likeness (QED) is 0.878. The largest absolute Gasteiger partial charge is 0.307 e. The second-order valence-corrected chi connectivity index (χ2v) is 6.70. The van der Waals surface area contributed by atoms with Crippen LogP contribution in [-0.2, 0) is 14.6 Å². The highest BCUT2D eigenvalue weighted by molar-refractivity contribution is 7.92. The molecule has 2 rings (SSSR count). The number of anilines is 1. The van der Waals surface area contributed by atoms with E-state index in [0.717, 1.165) is 6.42 Å². The van der Waals surface area contributed by atoms with Crippen LogP contribution in [0.25, 0.3) is 0 Å². The summed E-state index contributed by atoms with van der Waals surface area (Å²) in [6, 6.07) is 0. The number of rotatable bonds is 2. The Morgan fingerprint density at radius 2 is 2.06 bits per heavy atom. The van der Waals surface area contributed by atoms with Crippen LogP contribution in [0.5, 0.6) is 0 Å². The first-order valence-electron chi connectivity index (χ1n) is 5.49. The van der Waals surface area contributed by atoms with Crippen LogP contribution >= 0.6 is 11.6 Å². The van der Waals surface area contributed by atoms with Crippen LogP contribution in [0.1, 0.15) is 19.3 Å². The van der Waals surface area contributed by atoms with E-state index in [1.807, 2.05) is 0 Å². The molecule has 0 bridgehead atoms. The number of halogens is 1. The van der Waals surface area contributed by atoms with Crippen molar-refractivity contribution in [1.82, 2.24) is 9.97 Å². The topological polar surface area (TPSA) is 89.0 Å². The summed E-state index contributed by atoms with van der Waals surface area (Å²) in [5.41, 5.74) is 0. The normalized spacial score (nSPS) is 22.4. The Bertz CT molecular complexity index is 561. The van der Waals surface area contributed by atoms with E-state index in [4.69, 9.17) is 11.6 Å². The van der Waals surface area contributed by atoms with Crippen LogP contribution in [0.4, 0.5) is 5.82 Å². The average molecular weight is 290 g/mol. The fraction of sp³-hybridized carbons (Fsp3) is 0.500. The minimum absolute atomic E-state index is 0.0408. The first kappa shape index (κ1) is 13.2. The van der Waals surface area contributed by atoms with Crippen LogP contribution in [-0.4, -0.2) is 35.3 Å². The number of aromatic nitrogens is 2. The fourth-order valence-electron chi connectivity index (χ4n) is 1.85. The number of nitrogens with one attached hydrogen (secondary N) is 1. The Balaban J connectivity index is 2.15. The minimum atomic E-state index is -3.36. The summed E-state index contributed by atoms with van der Waals surface area (Å²) in [4.78, 5) is 19.5. The maximum Gasteiger partial charge on any atom is 0.243 e. The number of carbonyl (C=O) groups is 1. The number of amides is 1. The zero-order valence-corrected chi connectivity index (χ0v) is 11.0. The van der Waals surface area contributed by atoms with Gasteiger partial charge in [-0.3, -0.25) is 4.79 Å². The lowest BCUT2D eigenvalue weighted by Crippen LogP contribution is -2.39. The molecule has 0 aromatic carbocycles. The van der Waals surface area contributed by atoms with Crippen molar-refractivity contribution in [2.45, 2.75) is 24.5 Å². The van der Waals surface area contributed by atoms with Gasteiger partial charge in [0.25, 0.3) is 0 Å². The van der Waals surface area contributed by atoms with E-state index in [1.165, 1.54) is 12.4 Å². The molecule has 1 aromatic rings. The highest BCUT2D eigenvalue weighted by Gasteiger charge is 2.35. The predicted octanol–water partition coefficient (Wildman–Crippen LogP) is 1.04. The van der Waals surface area contributed by atoms with E-state index in [9.17, 15) is 13.2 Å². The van der Waals surface area contributed by atoms with Crippen molar-refractivity contribution in [2.24, 2.45) is 0 Å². The molecule has 6 nitrogen and oxygen atoms in total. The third-order valence-corrected chi connectivity index (χ3v) is 5.22. The monoisotopic (exact) mass is 289 g/mol. The fourth-order valence-corrected chi connectivity index (χ4v) is 3.81. The van der Waals surface area contributed by atoms with Crippen LogP contribution in [0, 0.1) is 0 Å². The summed E-state index contributed by atoms with van der Waals surface area (Å²) in [6.07, 6.45) is 4.43. The molecule has 1 aliphatic heterocycles. The van der Waals surface area contributed by atoms with Gasteiger partial charge in [0.1, 0.15) is 5.25 Å². The van der Waals surface area contributed by atoms with E-state index in [2.05, 4.69) is 15.3 Å². The smallest absolute Gasteiger partial charge is 0.243 e. The van der Waals surface area contributed by atoms with E-state index < -0.39 is 21.0 Å². The molecule has 1 unspecified atom stereocenters. The molecule has 1 aliphatic rings. The number of nitrogens with zero attached hydrogens (tertiary/aromatic N) is 2. The molecule has 0 spiro atoms. The molecule has 1 fully saturated rings. The number of hydrogen-bond donors (Lipinski definition) is 1. The Morgan fingerprint density at radius 1 is 1.33 bits per heavy atom. The van der Waals surface area contributed by atoms with Crippen LogP contribution in [0.2, 0.25) is 5.15 Å². The van der Waals surface area contributed by atoms with Crippen molar-refractivity contribution >= 4 is 33.2 Å². The second-order valence-electron chi connectivity index (χ2n) is 4.04. The molecule has 0 radical (unpaired) electrons. The number of sulfone groups is 1. The van der Waals surface area contributed by atoms with Gasteiger partial charge in [-0.15, -0.1) is 0 Å². The molecule has 0 aliphatic carbocycles. The maximum atomic E-state index is 11.9. The van der Waals surface area contributed by atoms with Crippen molar-refractivity contribution in [1.29, 1.82) is 0 Å². The van der Waals surface area contributed by atoms with E-state index in [-0.39, 0.29) is 16.7 Å². The SMILES string of the molecule is O=C(Nc1nccnc1Cl)C1CCCCS1(=O)=O. The molecule has 0 saturated carbocycles. The molecule has 1 atom stereocenters. The molecule has 1 aromatic heterocycles. The molecule has 98 valence electrons. The summed E-state index contributed by atoms with van der Waals surface area (Å²) >= 11 is 5.74. The summed E-state index contributed by atoms with van der Waals surface area (Å²) in [5, 5.41) is 1.44. The van der Waals surface area contributed by atoms with E-state index >= 15 is 0 Å². The molecular weight excluding hydrogens is 278 g/mol. The molecule has 1 amide bonds. The van der Waals surface area contributed by atoms with Crippen molar-refractivity contribution in [3.05, 3.63) is 17.5 Å². The summed E-state index contributed by atoms with van der Waals surface area (Å²) in [5.74, 6) is -0.443. The standard InChI is InChI=1S/C10H12ClN3O3S/c11-8-9(13-5-4-12-8)14-10(15)7-3-1-2-6-18(7,16)17/h4-5,7H,1-3,6H2,(H,13,14,15). The highest BCUT2D eigenvalue weighted by Crippen LogP contribution is 2.22. The molecular formula is C10H12ClN3O3S. The maximum absolute atomic E-state index is 11.9. The summed E-state index contributed by atoms with van der Waals surface area (Å²) < 4.78 is 23.5. The van der Waals surface area contributed by atoms with Gasteiger partial charge in [0.05, 0.1) is 5.75 Å². The zero-order chi connectivity index (χ0) is 13.2. The number of carbonyl (C=O) groups excluding carboxylic acids is 1. The summed E-state index contributed by atoms with van der Waals surface area (Å²) in [7, 11) is -3.36. The van der Waals surface area contributed by atoms with Crippen LogP contribution in [0.15, 0.2) is 12.4 Å². The molecule has 18 heavy (non-hydrogen) atoms. The van der Waals surface area contributed by atoms with Crippen molar-refractivity contribution < 1.29 is 13.2 Å². The Hall–Kier alpha value is -1.21. The third-order valence-electron chi connectivity index (χ3n) is 2.77. The molecule has 2 heterocycles. The van der Waals surface area contributed by atoms with Gasteiger partial charge in [-0.25, -0.2) is 18.4 Å². The lowest BCUT2D eigenvalue weighted by molar-refractivity contribution is -0.116.